The molecule has 1 unspecified atom stereocenters. The monoisotopic (exact) mass is 257 g/mol. The van der Waals surface area contributed by atoms with Gasteiger partial charge in [-0.25, -0.2) is 0 Å². The summed E-state index contributed by atoms with van der Waals surface area (Å²) >= 11 is 0. The van der Waals surface area contributed by atoms with E-state index in [0.29, 0.717) is 24.9 Å². The van der Waals surface area contributed by atoms with Crippen molar-refractivity contribution in [1.29, 1.82) is 0 Å². The minimum absolute atomic E-state index is 0.0577. The molecule has 1 atom stereocenters. The third-order valence-corrected chi connectivity index (χ3v) is 2.20. The van der Waals surface area contributed by atoms with Crippen molar-refractivity contribution >= 4 is 11.9 Å². The van der Waals surface area contributed by atoms with E-state index in [4.69, 9.17) is 14.6 Å². The van der Waals surface area contributed by atoms with Gasteiger partial charge in [-0.2, -0.15) is 15.0 Å². The zero-order chi connectivity index (χ0) is 13.4. The van der Waals surface area contributed by atoms with Crippen molar-refractivity contribution in [2.45, 2.75) is 12.5 Å². The van der Waals surface area contributed by atoms with E-state index in [1.165, 1.54) is 7.11 Å². The van der Waals surface area contributed by atoms with Crippen LogP contribution in [0, 0.1) is 0 Å². The number of nitrogens with one attached hydrogen (secondary N) is 2. The quantitative estimate of drug-likeness (QED) is 0.585. The van der Waals surface area contributed by atoms with E-state index in [0.717, 1.165) is 0 Å². The van der Waals surface area contributed by atoms with Crippen LogP contribution in [0.5, 0.6) is 6.01 Å². The second-order valence-electron chi connectivity index (χ2n) is 3.53. The van der Waals surface area contributed by atoms with Crippen molar-refractivity contribution in [1.82, 2.24) is 15.0 Å². The highest BCUT2D eigenvalue weighted by atomic mass is 16.5. The predicted octanol–water partition coefficient (Wildman–Crippen LogP) is -0.269. The van der Waals surface area contributed by atoms with Gasteiger partial charge < -0.3 is 25.2 Å². The van der Waals surface area contributed by atoms with Crippen LogP contribution in [0.3, 0.4) is 0 Å². The van der Waals surface area contributed by atoms with E-state index in [1.54, 1.807) is 14.2 Å². The molecule has 3 N–H and O–H groups in total. The Morgan fingerprint density at radius 1 is 1.22 bits per heavy atom. The SMILES string of the molecule is CNc1nc(NC(CCO)COC)nc(OC)n1. The Morgan fingerprint density at radius 2 is 1.94 bits per heavy atom. The van der Waals surface area contributed by atoms with Crippen LogP contribution in [0.1, 0.15) is 6.42 Å². The smallest absolute Gasteiger partial charge is 0.322 e. The minimum Gasteiger partial charge on any atom is -0.467 e. The molecule has 0 saturated carbocycles. The molecule has 0 aliphatic heterocycles. The largest absolute Gasteiger partial charge is 0.467 e. The lowest BCUT2D eigenvalue weighted by Gasteiger charge is -2.17. The van der Waals surface area contributed by atoms with Gasteiger partial charge in [0.1, 0.15) is 0 Å². The van der Waals surface area contributed by atoms with Crippen molar-refractivity contribution in [2.24, 2.45) is 0 Å². The number of anilines is 2. The molecule has 0 radical (unpaired) electrons. The maximum atomic E-state index is 8.96. The number of ether oxygens (including phenoxy) is 2. The molecule has 1 heterocycles. The Bertz CT molecular complexity index is 335. The second kappa shape index (κ2) is 7.62. The van der Waals surface area contributed by atoms with Gasteiger partial charge in [-0.15, -0.1) is 0 Å². The summed E-state index contributed by atoms with van der Waals surface area (Å²) in [6.07, 6.45) is 0.538. The van der Waals surface area contributed by atoms with Gasteiger partial charge in [0.2, 0.25) is 11.9 Å². The van der Waals surface area contributed by atoms with Crippen LogP contribution in [-0.2, 0) is 4.74 Å². The number of nitrogens with zero attached hydrogens (tertiary/aromatic N) is 3. The number of hydrogen-bond acceptors (Lipinski definition) is 8. The first-order chi connectivity index (χ1) is 8.73. The molecule has 0 aromatic carbocycles. The molecule has 18 heavy (non-hydrogen) atoms. The van der Waals surface area contributed by atoms with E-state index < -0.39 is 0 Å². The Kier molecular flexibility index (Phi) is 6.09. The average molecular weight is 257 g/mol. The fourth-order valence-electron chi connectivity index (χ4n) is 1.36. The maximum absolute atomic E-state index is 8.96. The maximum Gasteiger partial charge on any atom is 0.322 e. The lowest BCUT2D eigenvalue weighted by atomic mass is 10.2. The summed E-state index contributed by atoms with van der Waals surface area (Å²) in [7, 11) is 4.79. The van der Waals surface area contributed by atoms with E-state index >= 15 is 0 Å². The van der Waals surface area contributed by atoms with Crippen LogP contribution < -0.4 is 15.4 Å². The van der Waals surface area contributed by atoms with Gasteiger partial charge in [-0.1, -0.05) is 0 Å². The zero-order valence-electron chi connectivity index (χ0n) is 10.8. The predicted molar refractivity (Wildman–Crippen MR) is 66.9 cm³/mol. The van der Waals surface area contributed by atoms with Crippen molar-refractivity contribution in [3.05, 3.63) is 0 Å². The first kappa shape index (κ1) is 14.4. The van der Waals surface area contributed by atoms with Gasteiger partial charge in [-0.05, 0) is 6.42 Å². The van der Waals surface area contributed by atoms with Gasteiger partial charge in [0.25, 0.3) is 0 Å². The summed E-state index contributed by atoms with van der Waals surface area (Å²) in [5.41, 5.74) is 0. The average Bonchev–Trinajstić information content (AvgIpc) is 2.38. The molecule has 1 aromatic heterocycles. The fraction of sp³-hybridized carbons (Fsp3) is 0.700. The summed E-state index contributed by atoms with van der Waals surface area (Å²) in [6.45, 7) is 0.506. The van der Waals surface area contributed by atoms with Crippen LogP contribution >= 0.6 is 0 Å². The van der Waals surface area contributed by atoms with Gasteiger partial charge in [0.05, 0.1) is 19.8 Å². The molecule has 0 bridgehead atoms. The molecule has 0 aliphatic rings. The number of aliphatic hydroxyl groups excluding tert-OH is 1. The zero-order valence-corrected chi connectivity index (χ0v) is 10.8. The van der Waals surface area contributed by atoms with Crippen molar-refractivity contribution in [3.8, 4) is 6.01 Å². The molecule has 0 saturated heterocycles. The highest BCUT2D eigenvalue weighted by Crippen LogP contribution is 2.11. The standard InChI is InChI=1S/C10H19N5O3/c1-11-8-13-9(15-10(14-8)18-3)12-7(4-5-16)6-17-2/h7,16H,4-6H2,1-3H3,(H2,11,12,13,14,15). The number of aromatic nitrogens is 3. The van der Waals surface area contributed by atoms with E-state index in [1.807, 2.05) is 0 Å². The number of methoxy groups -OCH3 is 2. The van der Waals surface area contributed by atoms with Crippen LogP contribution in [-0.4, -0.2) is 60.6 Å². The van der Waals surface area contributed by atoms with E-state index in [2.05, 4.69) is 25.6 Å². The lowest BCUT2D eigenvalue weighted by Crippen LogP contribution is -2.27. The van der Waals surface area contributed by atoms with Gasteiger partial charge >= 0.3 is 6.01 Å². The minimum atomic E-state index is -0.0724. The molecule has 8 nitrogen and oxygen atoms in total. The first-order valence-corrected chi connectivity index (χ1v) is 5.57. The van der Waals surface area contributed by atoms with Crippen molar-refractivity contribution in [2.75, 3.05) is 45.1 Å². The highest BCUT2D eigenvalue weighted by molar-refractivity contribution is 5.36. The van der Waals surface area contributed by atoms with E-state index in [-0.39, 0.29) is 18.7 Å². The normalized spacial score (nSPS) is 12.0. The lowest BCUT2D eigenvalue weighted by molar-refractivity contribution is 0.170. The summed E-state index contributed by atoms with van der Waals surface area (Å²) in [5.74, 6) is 0.784. The molecular weight excluding hydrogens is 238 g/mol. The molecular formula is C10H19N5O3. The van der Waals surface area contributed by atoms with Gasteiger partial charge in [0.15, 0.2) is 0 Å². The van der Waals surface area contributed by atoms with Crippen LogP contribution in [0.2, 0.25) is 0 Å². The summed E-state index contributed by atoms with van der Waals surface area (Å²) < 4.78 is 10.0. The van der Waals surface area contributed by atoms with Crippen molar-refractivity contribution in [3.63, 3.8) is 0 Å². The number of aliphatic hydroxyl groups is 1. The second-order valence-corrected chi connectivity index (χ2v) is 3.53. The number of hydrogen-bond donors (Lipinski definition) is 3. The molecule has 0 aliphatic carbocycles. The topological polar surface area (TPSA) is 101 Å². The molecule has 0 fully saturated rings. The Labute approximate surface area is 106 Å². The molecule has 8 heteroatoms. The third kappa shape index (κ3) is 4.30. The number of rotatable bonds is 8. The summed E-state index contributed by atoms with van der Waals surface area (Å²) in [6, 6.07) is 0.147. The van der Waals surface area contributed by atoms with Crippen LogP contribution in [0.25, 0.3) is 0 Å². The molecule has 0 amide bonds. The highest BCUT2D eigenvalue weighted by Gasteiger charge is 2.12. The first-order valence-electron chi connectivity index (χ1n) is 5.57. The Balaban J connectivity index is 2.80. The fourth-order valence-corrected chi connectivity index (χ4v) is 1.36. The van der Waals surface area contributed by atoms with Crippen LogP contribution in [0.15, 0.2) is 0 Å². The van der Waals surface area contributed by atoms with Gasteiger partial charge in [-0.3, -0.25) is 0 Å². The van der Waals surface area contributed by atoms with Gasteiger partial charge in [0, 0.05) is 20.8 Å². The summed E-state index contributed by atoms with van der Waals surface area (Å²) in [5, 5.41) is 14.8. The molecule has 0 spiro atoms. The summed E-state index contributed by atoms with van der Waals surface area (Å²) in [4.78, 5) is 12.2. The third-order valence-electron chi connectivity index (χ3n) is 2.20. The Morgan fingerprint density at radius 3 is 2.50 bits per heavy atom. The molecule has 1 aromatic rings. The van der Waals surface area contributed by atoms with Crippen LogP contribution in [0.4, 0.5) is 11.9 Å². The Hall–Kier alpha value is -1.67. The van der Waals surface area contributed by atoms with E-state index in [9.17, 15) is 0 Å². The van der Waals surface area contributed by atoms with Crippen molar-refractivity contribution < 1.29 is 14.6 Å². The molecule has 102 valence electrons. The molecule has 1 rings (SSSR count).